The van der Waals surface area contributed by atoms with Gasteiger partial charge in [0.15, 0.2) is 0 Å². The molecule has 0 saturated carbocycles. The summed E-state index contributed by atoms with van der Waals surface area (Å²) in [7, 11) is 0. The fourth-order valence-corrected chi connectivity index (χ4v) is 7.28. The van der Waals surface area contributed by atoms with Gasteiger partial charge in [-0.25, -0.2) is 0 Å². The third kappa shape index (κ3) is 13.1. The maximum absolute atomic E-state index is 3.03. The molecule has 214 valence electrons. The zero-order chi connectivity index (χ0) is 25.8. The van der Waals surface area contributed by atoms with Gasteiger partial charge in [0.1, 0.15) is 0 Å². The van der Waals surface area contributed by atoms with Crippen LogP contribution in [0.2, 0.25) is 0 Å². The Kier molecular flexibility index (Phi) is 18.6. The maximum Gasteiger partial charge on any atom is 0.0227 e. The molecule has 3 atom stereocenters. The average molecular weight is 505 g/mol. The van der Waals surface area contributed by atoms with Crippen LogP contribution in [-0.4, -0.2) is 48.1 Å². The molecule has 0 radical (unpaired) electrons. The summed E-state index contributed by atoms with van der Waals surface area (Å²) in [5.41, 5.74) is 0. The molecular weight excluding hydrogens is 436 g/mol. The van der Waals surface area contributed by atoms with Crippen LogP contribution >= 0.6 is 0 Å². The molecule has 0 aliphatic carbocycles. The van der Waals surface area contributed by atoms with Crippen LogP contribution < -0.4 is 0 Å². The van der Waals surface area contributed by atoms with Crippen molar-refractivity contribution in [2.45, 2.75) is 181 Å². The van der Waals surface area contributed by atoms with Gasteiger partial charge in [0.05, 0.1) is 0 Å². The highest BCUT2D eigenvalue weighted by Gasteiger charge is 2.40. The Balaban J connectivity index is 1.83. The number of likely N-dealkylation sites (tertiary alicyclic amines) is 1. The Bertz CT molecular complexity index is 466. The highest BCUT2D eigenvalue weighted by molar-refractivity contribution is 4.97. The van der Waals surface area contributed by atoms with Crippen molar-refractivity contribution in [3.8, 4) is 0 Å². The molecule has 2 rings (SSSR count). The largest absolute Gasteiger partial charge is 0.300 e. The lowest BCUT2D eigenvalue weighted by Gasteiger charge is -2.43. The molecule has 2 aliphatic rings. The van der Waals surface area contributed by atoms with E-state index < -0.39 is 0 Å². The zero-order valence-corrected chi connectivity index (χ0v) is 25.6. The number of piperazine rings is 1. The fraction of sp³-hybridized carbons (Fsp3) is 1.00. The number of hydrogen-bond donors (Lipinski definition) is 0. The van der Waals surface area contributed by atoms with Crippen molar-refractivity contribution in [2.24, 2.45) is 11.8 Å². The smallest absolute Gasteiger partial charge is 0.0227 e. The van der Waals surface area contributed by atoms with Gasteiger partial charge in [-0.05, 0) is 50.4 Å². The van der Waals surface area contributed by atoms with Crippen molar-refractivity contribution >= 4 is 0 Å². The van der Waals surface area contributed by atoms with Gasteiger partial charge >= 0.3 is 0 Å². The van der Waals surface area contributed by atoms with E-state index in [2.05, 4.69) is 37.5 Å². The van der Waals surface area contributed by atoms with Crippen LogP contribution in [0.1, 0.15) is 169 Å². The number of hydrogen-bond acceptors (Lipinski definition) is 2. The van der Waals surface area contributed by atoms with E-state index in [1.807, 2.05) is 0 Å². The molecule has 2 nitrogen and oxygen atoms in total. The maximum atomic E-state index is 3.03. The van der Waals surface area contributed by atoms with E-state index in [0.717, 1.165) is 23.9 Å². The van der Waals surface area contributed by atoms with Gasteiger partial charge in [0.2, 0.25) is 0 Å². The van der Waals surface area contributed by atoms with Crippen LogP contribution in [0.3, 0.4) is 0 Å². The summed E-state index contributed by atoms with van der Waals surface area (Å²) in [6, 6.07) is 1.72. The van der Waals surface area contributed by atoms with Gasteiger partial charge in [-0.3, -0.25) is 9.80 Å². The first kappa shape index (κ1) is 32.1. The summed E-state index contributed by atoms with van der Waals surface area (Å²) >= 11 is 0. The van der Waals surface area contributed by atoms with E-state index in [4.69, 9.17) is 0 Å². The number of unbranched alkanes of at least 4 members (excludes halogenated alkanes) is 12. The summed E-state index contributed by atoms with van der Waals surface area (Å²) in [5.74, 6) is 1.91. The monoisotopic (exact) mass is 505 g/mol. The fourth-order valence-electron chi connectivity index (χ4n) is 7.28. The molecule has 2 saturated heterocycles. The van der Waals surface area contributed by atoms with Crippen molar-refractivity contribution < 1.29 is 0 Å². The van der Waals surface area contributed by atoms with Crippen LogP contribution in [0, 0.1) is 11.8 Å². The van der Waals surface area contributed by atoms with E-state index >= 15 is 0 Å². The van der Waals surface area contributed by atoms with Crippen LogP contribution in [-0.2, 0) is 0 Å². The second kappa shape index (κ2) is 20.8. The third-order valence-corrected chi connectivity index (χ3v) is 9.56. The Morgan fingerprint density at radius 2 is 0.833 bits per heavy atom. The first-order chi connectivity index (χ1) is 17.7. The van der Waals surface area contributed by atoms with E-state index in [1.54, 1.807) is 0 Å². The Morgan fingerprint density at radius 3 is 1.31 bits per heavy atom. The van der Waals surface area contributed by atoms with Gasteiger partial charge in [-0.1, -0.05) is 130 Å². The molecule has 2 heterocycles. The topological polar surface area (TPSA) is 6.48 Å². The standard InChI is InChI=1S/C34H68N2/c1-5-9-13-16-20-22-31(21-17-12-8-4)27-35-29-33-25-26-34(30-35)36(33)28-32(23-18-14-10-6-2)24-19-15-11-7-3/h31-34H,5-30H2,1-4H3/t31?,33-,34+. The molecule has 2 heteroatoms. The zero-order valence-electron chi connectivity index (χ0n) is 25.6. The third-order valence-electron chi connectivity index (χ3n) is 9.56. The van der Waals surface area contributed by atoms with Gasteiger partial charge in [0, 0.05) is 38.3 Å². The Labute approximate surface area is 228 Å². The van der Waals surface area contributed by atoms with Gasteiger partial charge in [0.25, 0.3) is 0 Å². The average Bonchev–Trinajstić information content (AvgIpc) is 3.10. The first-order valence-corrected chi connectivity index (χ1v) is 17.2. The van der Waals surface area contributed by atoms with Gasteiger partial charge in [-0.2, -0.15) is 0 Å². The predicted molar refractivity (Wildman–Crippen MR) is 162 cm³/mol. The van der Waals surface area contributed by atoms with E-state index in [0.29, 0.717) is 0 Å². The molecule has 36 heavy (non-hydrogen) atoms. The second-order valence-corrected chi connectivity index (χ2v) is 12.9. The van der Waals surface area contributed by atoms with Crippen molar-refractivity contribution in [3.63, 3.8) is 0 Å². The lowest BCUT2D eigenvalue weighted by molar-refractivity contribution is 0.0415. The van der Waals surface area contributed by atoms with E-state index in [-0.39, 0.29) is 0 Å². The molecule has 2 fully saturated rings. The summed E-state index contributed by atoms with van der Waals surface area (Å²) < 4.78 is 0. The van der Waals surface area contributed by atoms with E-state index in [1.165, 1.54) is 167 Å². The summed E-state index contributed by atoms with van der Waals surface area (Å²) in [4.78, 5) is 5.95. The van der Waals surface area contributed by atoms with Crippen LogP contribution in [0.15, 0.2) is 0 Å². The van der Waals surface area contributed by atoms with Crippen LogP contribution in [0.4, 0.5) is 0 Å². The first-order valence-electron chi connectivity index (χ1n) is 17.2. The minimum absolute atomic E-state index is 0.860. The van der Waals surface area contributed by atoms with Crippen molar-refractivity contribution in [1.29, 1.82) is 0 Å². The quantitative estimate of drug-likeness (QED) is 0.121. The summed E-state index contributed by atoms with van der Waals surface area (Å²) in [6.07, 6.45) is 31.8. The lowest BCUT2D eigenvalue weighted by Crippen LogP contribution is -2.55. The molecule has 0 aromatic heterocycles. The molecule has 2 aliphatic heterocycles. The molecular formula is C34H68N2. The van der Waals surface area contributed by atoms with Crippen molar-refractivity contribution in [3.05, 3.63) is 0 Å². The number of rotatable bonds is 24. The molecule has 0 amide bonds. The van der Waals surface area contributed by atoms with Gasteiger partial charge in [-0.15, -0.1) is 0 Å². The molecule has 0 N–H and O–H groups in total. The SMILES string of the molecule is CCCCCCCC(CCCCC)CN1C[C@H]2CC[C@@H](C1)N2CC(CCCCCC)CCCCCC. The Morgan fingerprint density at radius 1 is 0.472 bits per heavy atom. The minimum Gasteiger partial charge on any atom is -0.300 e. The van der Waals surface area contributed by atoms with Crippen LogP contribution in [0.5, 0.6) is 0 Å². The predicted octanol–water partition coefficient (Wildman–Crippen LogP) is 10.2. The van der Waals surface area contributed by atoms with E-state index in [9.17, 15) is 0 Å². The molecule has 1 unspecified atom stereocenters. The number of nitrogens with zero attached hydrogens (tertiary/aromatic N) is 2. The van der Waals surface area contributed by atoms with Crippen molar-refractivity contribution in [1.82, 2.24) is 9.80 Å². The van der Waals surface area contributed by atoms with Gasteiger partial charge < -0.3 is 0 Å². The van der Waals surface area contributed by atoms with Crippen LogP contribution in [0.25, 0.3) is 0 Å². The van der Waals surface area contributed by atoms with Crippen molar-refractivity contribution in [2.75, 3.05) is 26.2 Å². The molecule has 0 spiro atoms. The minimum atomic E-state index is 0.860. The normalized spacial score (nSPS) is 21.6. The molecule has 2 bridgehead atoms. The summed E-state index contributed by atoms with van der Waals surface area (Å²) in [5, 5.41) is 0. The highest BCUT2D eigenvalue weighted by Crippen LogP contribution is 2.34. The lowest BCUT2D eigenvalue weighted by atomic mass is 9.92. The summed E-state index contributed by atoms with van der Waals surface area (Å²) in [6.45, 7) is 14.9. The highest BCUT2D eigenvalue weighted by atomic mass is 15.3. The molecule has 0 aromatic rings. The molecule has 0 aromatic carbocycles. The number of fused-ring (bicyclic) bond motifs is 2. The Hall–Kier alpha value is -0.0800. The second-order valence-electron chi connectivity index (χ2n) is 12.9.